The summed E-state index contributed by atoms with van der Waals surface area (Å²) in [5, 5.41) is 0. The Hall–Kier alpha value is -3.09. The number of nitrogens with zero attached hydrogens (tertiary/aromatic N) is 5. The lowest BCUT2D eigenvalue weighted by Gasteiger charge is -2.37. The molecule has 3 aliphatic heterocycles. The van der Waals surface area contributed by atoms with Crippen LogP contribution in [-0.2, 0) is 18.9 Å². The zero-order chi connectivity index (χ0) is 28.7. The Balaban J connectivity index is 1.38. The molecule has 0 saturated carbocycles. The number of aromatic nitrogens is 2. The van der Waals surface area contributed by atoms with Gasteiger partial charge in [-0.1, -0.05) is 0 Å². The molecule has 13 heteroatoms. The van der Waals surface area contributed by atoms with E-state index in [9.17, 15) is 31.1 Å². The summed E-state index contributed by atoms with van der Waals surface area (Å²) in [4.78, 5) is 28.5. The lowest BCUT2D eigenvalue weighted by atomic mass is 10.0. The highest BCUT2D eigenvalue weighted by Gasteiger charge is 2.37. The quantitative estimate of drug-likeness (QED) is 0.464. The zero-order valence-corrected chi connectivity index (χ0v) is 22.1. The molecule has 0 spiro atoms. The second kappa shape index (κ2) is 11.1. The Labute approximate surface area is 228 Å². The van der Waals surface area contributed by atoms with Crippen molar-refractivity contribution >= 4 is 11.9 Å². The molecule has 2 fully saturated rings. The van der Waals surface area contributed by atoms with E-state index < -0.39 is 35.9 Å². The van der Waals surface area contributed by atoms with Crippen molar-refractivity contribution in [3.05, 3.63) is 46.1 Å². The van der Waals surface area contributed by atoms with Crippen LogP contribution in [0.4, 0.5) is 32.3 Å². The van der Waals surface area contributed by atoms with Crippen LogP contribution in [0.5, 0.6) is 5.88 Å². The van der Waals surface area contributed by atoms with Crippen molar-refractivity contribution in [2.24, 2.45) is 0 Å². The number of likely N-dealkylation sites (tertiary alicyclic amines) is 1. The molecule has 40 heavy (non-hydrogen) atoms. The van der Waals surface area contributed by atoms with E-state index >= 15 is 0 Å². The van der Waals surface area contributed by atoms with Gasteiger partial charge in [0.1, 0.15) is 5.56 Å². The van der Waals surface area contributed by atoms with Gasteiger partial charge >= 0.3 is 12.4 Å². The van der Waals surface area contributed by atoms with Crippen LogP contribution in [0.3, 0.4) is 0 Å². The third kappa shape index (κ3) is 6.13. The number of halogens is 6. The number of amides is 1. The average Bonchev–Trinajstić information content (AvgIpc) is 3.43. The molecule has 2 aromatic rings. The highest BCUT2D eigenvalue weighted by Crippen LogP contribution is 2.37. The molecule has 0 unspecified atom stereocenters. The van der Waals surface area contributed by atoms with Gasteiger partial charge in [-0.2, -0.15) is 31.3 Å². The molecule has 2 saturated heterocycles. The second-order valence-electron chi connectivity index (χ2n) is 10.6. The Bertz CT molecular complexity index is 1200. The number of hydrogen-bond donors (Lipinski definition) is 0. The summed E-state index contributed by atoms with van der Waals surface area (Å²) in [6.07, 6.45) is -5.20. The fraction of sp³-hybridized carbons (Fsp3) is 0.593. The van der Waals surface area contributed by atoms with Gasteiger partial charge in [-0.25, -0.2) is 4.98 Å². The minimum absolute atomic E-state index is 0.0680. The molecule has 4 heterocycles. The number of hydrogen-bond acceptors (Lipinski definition) is 6. The van der Waals surface area contributed by atoms with E-state index in [1.54, 1.807) is 6.92 Å². The second-order valence-corrected chi connectivity index (χ2v) is 10.6. The van der Waals surface area contributed by atoms with E-state index in [0.29, 0.717) is 36.2 Å². The summed E-state index contributed by atoms with van der Waals surface area (Å²) in [5.74, 6) is -0.0694. The lowest BCUT2D eigenvalue weighted by molar-refractivity contribution is -0.143. The van der Waals surface area contributed by atoms with Gasteiger partial charge in [0.05, 0.1) is 23.4 Å². The summed E-state index contributed by atoms with van der Waals surface area (Å²) in [6, 6.07) is 1.91. The van der Waals surface area contributed by atoms with E-state index in [4.69, 9.17) is 4.74 Å². The normalized spacial score (nSPS) is 19.8. The van der Waals surface area contributed by atoms with Gasteiger partial charge in [-0.05, 0) is 75.9 Å². The first-order valence-electron chi connectivity index (χ1n) is 13.5. The number of carbonyl (C=O) groups excluding carboxylic acids is 1. The number of rotatable bonds is 4. The van der Waals surface area contributed by atoms with Gasteiger partial charge in [0.15, 0.2) is 0 Å². The number of fused-ring (bicyclic) bond motifs is 1. The number of alkyl halides is 6. The Morgan fingerprint density at radius 1 is 0.875 bits per heavy atom. The van der Waals surface area contributed by atoms with E-state index in [1.807, 2.05) is 0 Å². The maximum Gasteiger partial charge on any atom is 0.416 e. The average molecular weight is 572 g/mol. The predicted molar refractivity (Wildman–Crippen MR) is 134 cm³/mol. The maximum atomic E-state index is 13.6. The van der Waals surface area contributed by atoms with Gasteiger partial charge in [-0.3, -0.25) is 4.79 Å². The molecule has 0 aliphatic carbocycles. The Morgan fingerprint density at radius 2 is 1.50 bits per heavy atom. The number of carbonyl (C=O) groups is 1. The SMILES string of the molecule is Cc1nc(N2CCC(N3CCCC3)CC2)nc2c1C(=O)N(Cc1cc(C(F)(F)F)cc(C(F)(F)F)c1)CCCO2. The van der Waals surface area contributed by atoms with Gasteiger partial charge in [0.2, 0.25) is 11.8 Å². The van der Waals surface area contributed by atoms with Crippen molar-refractivity contribution in [1.29, 1.82) is 0 Å². The Morgan fingerprint density at radius 3 is 2.10 bits per heavy atom. The largest absolute Gasteiger partial charge is 0.477 e. The van der Waals surface area contributed by atoms with Gasteiger partial charge in [0, 0.05) is 32.2 Å². The van der Waals surface area contributed by atoms with Crippen LogP contribution in [0.2, 0.25) is 0 Å². The first kappa shape index (κ1) is 28.4. The summed E-state index contributed by atoms with van der Waals surface area (Å²) < 4.78 is 86.0. The molecule has 1 aromatic heterocycles. The number of benzene rings is 1. The molecular formula is C27H31F6N5O2. The molecule has 7 nitrogen and oxygen atoms in total. The molecule has 3 aliphatic rings. The van der Waals surface area contributed by atoms with Crippen molar-refractivity contribution < 1.29 is 35.9 Å². The van der Waals surface area contributed by atoms with Crippen LogP contribution in [0, 0.1) is 6.92 Å². The van der Waals surface area contributed by atoms with E-state index in [-0.39, 0.29) is 36.2 Å². The number of ether oxygens (including phenoxy) is 1. The van der Waals surface area contributed by atoms with Crippen molar-refractivity contribution in [3.63, 3.8) is 0 Å². The molecule has 0 N–H and O–H groups in total. The number of anilines is 1. The first-order valence-corrected chi connectivity index (χ1v) is 13.5. The van der Waals surface area contributed by atoms with E-state index in [1.165, 1.54) is 17.7 Å². The third-order valence-corrected chi connectivity index (χ3v) is 7.78. The fourth-order valence-corrected chi connectivity index (χ4v) is 5.73. The highest BCUT2D eigenvalue weighted by molar-refractivity contribution is 5.97. The topological polar surface area (TPSA) is 61.8 Å². The minimum atomic E-state index is -4.97. The maximum absolute atomic E-state index is 13.6. The standard InChI is InChI=1S/C27H31F6N5O2/c1-17-22-23(35-25(34-17)37-10-5-21(6-11-37)36-7-2-3-8-36)40-12-4-9-38(24(22)39)16-18-13-19(26(28,29)30)15-20(14-18)27(31,32)33/h13-15,21H,2-12,16H2,1H3. The summed E-state index contributed by atoms with van der Waals surface area (Å²) in [6.45, 7) is 5.24. The van der Waals surface area contributed by atoms with Crippen LogP contribution in [0.1, 0.15) is 64.8 Å². The van der Waals surface area contributed by atoms with Crippen molar-refractivity contribution in [2.75, 3.05) is 44.2 Å². The Kier molecular flexibility index (Phi) is 7.86. The van der Waals surface area contributed by atoms with E-state index in [2.05, 4.69) is 19.8 Å². The van der Waals surface area contributed by atoms with Gasteiger partial charge < -0.3 is 19.4 Å². The van der Waals surface area contributed by atoms with E-state index in [0.717, 1.165) is 39.0 Å². The predicted octanol–water partition coefficient (Wildman–Crippen LogP) is 5.31. The molecule has 0 atom stereocenters. The van der Waals surface area contributed by atoms with Crippen LogP contribution in [-0.4, -0.2) is 71.0 Å². The molecular weight excluding hydrogens is 540 g/mol. The highest BCUT2D eigenvalue weighted by atomic mass is 19.4. The third-order valence-electron chi connectivity index (χ3n) is 7.78. The van der Waals surface area contributed by atoms with Crippen LogP contribution >= 0.6 is 0 Å². The summed E-state index contributed by atoms with van der Waals surface area (Å²) >= 11 is 0. The lowest BCUT2D eigenvalue weighted by Crippen LogP contribution is -2.44. The van der Waals surface area contributed by atoms with Crippen molar-refractivity contribution in [1.82, 2.24) is 19.8 Å². The number of piperidine rings is 1. The summed E-state index contributed by atoms with van der Waals surface area (Å²) in [7, 11) is 0. The smallest absolute Gasteiger partial charge is 0.416 e. The summed E-state index contributed by atoms with van der Waals surface area (Å²) in [5.41, 5.74) is -2.69. The minimum Gasteiger partial charge on any atom is -0.477 e. The monoisotopic (exact) mass is 571 g/mol. The fourth-order valence-electron chi connectivity index (χ4n) is 5.73. The van der Waals surface area contributed by atoms with Crippen LogP contribution in [0.15, 0.2) is 18.2 Å². The van der Waals surface area contributed by atoms with Gasteiger partial charge in [0.25, 0.3) is 5.91 Å². The molecule has 218 valence electrons. The van der Waals surface area contributed by atoms with Crippen molar-refractivity contribution in [3.8, 4) is 5.88 Å². The molecule has 0 bridgehead atoms. The molecule has 1 amide bonds. The first-order chi connectivity index (χ1) is 18.9. The van der Waals surface area contributed by atoms with Crippen LogP contribution < -0.4 is 9.64 Å². The van der Waals surface area contributed by atoms with Crippen LogP contribution in [0.25, 0.3) is 0 Å². The zero-order valence-electron chi connectivity index (χ0n) is 22.1. The molecule has 5 rings (SSSR count). The molecule has 0 radical (unpaired) electrons. The van der Waals surface area contributed by atoms with Gasteiger partial charge in [-0.15, -0.1) is 0 Å². The molecule has 1 aromatic carbocycles. The number of aryl methyl sites for hydroxylation is 1. The van der Waals surface area contributed by atoms with Crippen molar-refractivity contribution in [2.45, 2.75) is 64.0 Å².